The molecular weight excluding hydrogens is 126 g/mol. The molecule has 60 valence electrons. The van der Waals surface area contributed by atoms with E-state index in [0.717, 1.165) is 19.5 Å². The first-order chi connectivity index (χ1) is 4.93. The Kier molecular flexibility index (Phi) is 6.22. The second kappa shape index (κ2) is 6.58. The van der Waals surface area contributed by atoms with Crippen LogP contribution < -0.4 is 16.6 Å². The van der Waals surface area contributed by atoms with Crippen LogP contribution in [0, 0.1) is 0 Å². The highest BCUT2D eigenvalue weighted by Crippen LogP contribution is 1.98. The Bertz CT molecular complexity index is 99.0. The van der Waals surface area contributed by atoms with Crippen molar-refractivity contribution in [2.75, 3.05) is 13.1 Å². The van der Waals surface area contributed by atoms with Crippen molar-refractivity contribution >= 4 is 0 Å². The summed E-state index contributed by atoms with van der Waals surface area (Å²) in [4.78, 5) is 0. The monoisotopic (exact) mass is 143 g/mol. The van der Waals surface area contributed by atoms with E-state index in [0.29, 0.717) is 0 Å². The van der Waals surface area contributed by atoms with E-state index in [1.54, 1.807) is 0 Å². The fraction of sp³-hybridized carbons (Fsp3) is 0.714. The molecule has 0 spiro atoms. The molecule has 0 saturated heterocycles. The number of hydrogen-bond donors (Lipinski definition) is 3. The van der Waals surface area contributed by atoms with Crippen molar-refractivity contribution in [1.82, 2.24) is 10.9 Å². The molecule has 0 aromatic heterocycles. The SMILES string of the molecule is CC.NCCC1=CNNC1. The molecule has 0 radical (unpaired) electrons. The zero-order chi connectivity index (χ0) is 7.82. The molecule has 3 nitrogen and oxygen atoms in total. The van der Waals surface area contributed by atoms with Crippen LogP contribution >= 0.6 is 0 Å². The van der Waals surface area contributed by atoms with Crippen LogP contribution in [0.25, 0.3) is 0 Å². The number of hydrazine groups is 1. The molecule has 10 heavy (non-hydrogen) atoms. The van der Waals surface area contributed by atoms with Gasteiger partial charge in [0.25, 0.3) is 0 Å². The third-order valence-electron chi connectivity index (χ3n) is 1.16. The number of hydrogen-bond acceptors (Lipinski definition) is 3. The first kappa shape index (κ1) is 9.46. The number of rotatable bonds is 2. The Hall–Kier alpha value is -0.540. The van der Waals surface area contributed by atoms with Gasteiger partial charge in [-0.2, -0.15) is 0 Å². The molecule has 0 bridgehead atoms. The zero-order valence-corrected chi connectivity index (χ0v) is 6.78. The van der Waals surface area contributed by atoms with E-state index >= 15 is 0 Å². The van der Waals surface area contributed by atoms with Crippen molar-refractivity contribution in [1.29, 1.82) is 0 Å². The van der Waals surface area contributed by atoms with Gasteiger partial charge in [0.1, 0.15) is 0 Å². The average molecular weight is 143 g/mol. The van der Waals surface area contributed by atoms with Gasteiger partial charge in [-0.05, 0) is 18.5 Å². The zero-order valence-electron chi connectivity index (χ0n) is 6.78. The van der Waals surface area contributed by atoms with Crippen molar-refractivity contribution in [3.05, 3.63) is 11.8 Å². The minimum absolute atomic E-state index is 0.745. The molecule has 1 aliphatic heterocycles. The summed E-state index contributed by atoms with van der Waals surface area (Å²) in [7, 11) is 0. The molecule has 0 aromatic rings. The normalized spacial score (nSPS) is 14.9. The lowest BCUT2D eigenvalue weighted by Gasteiger charge is -1.92. The van der Waals surface area contributed by atoms with Crippen molar-refractivity contribution in [3.63, 3.8) is 0 Å². The Balaban J connectivity index is 0.000000371. The van der Waals surface area contributed by atoms with E-state index in [4.69, 9.17) is 5.73 Å². The molecular formula is C7H17N3. The topological polar surface area (TPSA) is 50.1 Å². The van der Waals surface area contributed by atoms with Gasteiger partial charge in [0, 0.05) is 12.7 Å². The molecule has 0 aromatic carbocycles. The summed E-state index contributed by atoms with van der Waals surface area (Å²) in [6.45, 7) is 5.69. The maximum atomic E-state index is 5.31. The van der Waals surface area contributed by atoms with E-state index in [1.165, 1.54) is 5.57 Å². The highest BCUT2D eigenvalue weighted by atomic mass is 15.4. The summed E-state index contributed by atoms with van der Waals surface area (Å²) in [5, 5.41) is 0. The largest absolute Gasteiger partial charge is 0.330 e. The Morgan fingerprint density at radius 1 is 1.60 bits per heavy atom. The van der Waals surface area contributed by atoms with Crippen LogP contribution in [0.15, 0.2) is 11.8 Å². The molecule has 0 atom stereocenters. The summed E-state index contributed by atoms with van der Waals surface area (Å²) in [5.74, 6) is 0. The van der Waals surface area contributed by atoms with E-state index in [-0.39, 0.29) is 0 Å². The summed E-state index contributed by atoms with van der Waals surface area (Å²) >= 11 is 0. The molecule has 0 amide bonds. The van der Waals surface area contributed by atoms with Gasteiger partial charge in [-0.1, -0.05) is 13.8 Å². The Morgan fingerprint density at radius 2 is 2.30 bits per heavy atom. The molecule has 0 unspecified atom stereocenters. The van der Waals surface area contributed by atoms with E-state index in [9.17, 15) is 0 Å². The van der Waals surface area contributed by atoms with Crippen LogP contribution in [0.2, 0.25) is 0 Å². The van der Waals surface area contributed by atoms with Gasteiger partial charge in [-0.25, -0.2) is 5.43 Å². The van der Waals surface area contributed by atoms with E-state index in [1.807, 2.05) is 20.0 Å². The minimum Gasteiger partial charge on any atom is -0.330 e. The van der Waals surface area contributed by atoms with Crippen molar-refractivity contribution in [2.24, 2.45) is 5.73 Å². The lowest BCUT2D eigenvalue weighted by molar-refractivity contribution is 0.715. The van der Waals surface area contributed by atoms with Gasteiger partial charge in [-0.15, -0.1) is 0 Å². The smallest absolute Gasteiger partial charge is 0.0376 e. The first-order valence-electron chi connectivity index (χ1n) is 3.80. The second-order valence-corrected chi connectivity index (χ2v) is 1.84. The van der Waals surface area contributed by atoms with Crippen LogP contribution in [-0.2, 0) is 0 Å². The summed E-state index contributed by atoms with van der Waals surface area (Å²) < 4.78 is 0. The first-order valence-corrected chi connectivity index (χ1v) is 3.80. The van der Waals surface area contributed by atoms with Crippen LogP contribution in [0.5, 0.6) is 0 Å². The predicted octanol–water partition coefficient (Wildman–Crippen LogP) is 0.353. The van der Waals surface area contributed by atoms with Crippen molar-refractivity contribution < 1.29 is 0 Å². The van der Waals surface area contributed by atoms with Gasteiger partial charge in [-0.3, -0.25) is 0 Å². The third kappa shape index (κ3) is 3.48. The maximum Gasteiger partial charge on any atom is 0.0376 e. The molecule has 0 aliphatic carbocycles. The average Bonchev–Trinajstić information content (AvgIpc) is 2.46. The van der Waals surface area contributed by atoms with Crippen molar-refractivity contribution in [2.45, 2.75) is 20.3 Å². The summed E-state index contributed by atoms with van der Waals surface area (Å²) in [6.07, 6.45) is 2.97. The second-order valence-electron chi connectivity index (χ2n) is 1.84. The Labute approximate surface area is 62.6 Å². The maximum absolute atomic E-state index is 5.31. The summed E-state index contributed by atoms with van der Waals surface area (Å²) in [5.41, 5.74) is 12.5. The van der Waals surface area contributed by atoms with Gasteiger partial charge in [0.05, 0.1) is 0 Å². The fourth-order valence-corrected chi connectivity index (χ4v) is 0.715. The lowest BCUT2D eigenvalue weighted by Crippen LogP contribution is -2.20. The van der Waals surface area contributed by atoms with E-state index in [2.05, 4.69) is 10.9 Å². The molecule has 1 heterocycles. The van der Waals surface area contributed by atoms with Crippen molar-refractivity contribution in [3.8, 4) is 0 Å². The lowest BCUT2D eigenvalue weighted by atomic mass is 10.2. The third-order valence-corrected chi connectivity index (χ3v) is 1.16. The van der Waals surface area contributed by atoms with Gasteiger partial charge in [0.2, 0.25) is 0 Å². The van der Waals surface area contributed by atoms with Crippen LogP contribution in [0.3, 0.4) is 0 Å². The van der Waals surface area contributed by atoms with Gasteiger partial charge < -0.3 is 11.2 Å². The highest BCUT2D eigenvalue weighted by Gasteiger charge is 1.99. The fourth-order valence-electron chi connectivity index (χ4n) is 0.715. The molecule has 1 aliphatic rings. The summed E-state index contributed by atoms with van der Waals surface area (Å²) in [6, 6.07) is 0. The van der Waals surface area contributed by atoms with Crippen LogP contribution in [-0.4, -0.2) is 13.1 Å². The van der Waals surface area contributed by atoms with Crippen LogP contribution in [0.4, 0.5) is 0 Å². The molecule has 0 saturated carbocycles. The molecule has 4 N–H and O–H groups in total. The van der Waals surface area contributed by atoms with Gasteiger partial charge in [0.15, 0.2) is 0 Å². The van der Waals surface area contributed by atoms with Gasteiger partial charge >= 0.3 is 0 Å². The number of nitrogens with one attached hydrogen (secondary N) is 2. The highest BCUT2D eigenvalue weighted by molar-refractivity contribution is 5.06. The number of nitrogens with two attached hydrogens (primary N) is 1. The molecule has 3 heteroatoms. The quantitative estimate of drug-likeness (QED) is 0.523. The van der Waals surface area contributed by atoms with E-state index < -0.39 is 0 Å². The standard InChI is InChI=1S/C5H11N3.C2H6/c6-2-1-5-3-7-8-4-5;1-2/h3,7-8H,1-2,4,6H2;1-2H3. The van der Waals surface area contributed by atoms with Crippen LogP contribution in [0.1, 0.15) is 20.3 Å². The Morgan fingerprint density at radius 3 is 2.70 bits per heavy atom. The molecule has 1 rings (SSSR count). The minimum atomic E-state index is 0.745. The molecule has 0 fully saturated rings. The predicted molar refractivity (Wildman–Crippen MR) is 44.2 cm³/mol.